The number of fused-ring (bicyclic) bond motifs is 1. The van der Waals surface area contributed by atoms with Crippen molar-refractivity contribution in [2.24, 2.45) is 0 Å². The fourth-order valence-electron chi connectivity index (χ4n) is 3.19. The molecule has 0 atom stereocenters. The lowest BCUT2D eigenvalue weighted by Crippen LogP contribution is -2.28. The van der Waals surface area contributed by atoms with E-state index in [4.69, 9.17) is 14.5 Å². The summed E-state index contributed by atoms with van der Waals surface area (Å²) in [7, 11) is 1.51. The number of amides is 1. The number of hydrogen-bond acceptors (Lipinski definition) is 4. The number of nitrogens with one attached hydrogen (secondary N) is 1. The van der Waals surface area contributed by atoms with Crippen LogP contribution >= 0.6 is 0 Å². The van der Waals surface area contributed by atoms with Crippen LogP contribution in [0.15, 0.2) is 48.5 Å². The number of aromatic nitrogens is 2. The molecular formula is C22H27N3O3. The topological polar surface area (TPSA) is 65.4 Å². The number of carbonyl (C=O) groups excluding carboxylic acids is 1. The highest BCUT2D eigenvalue weighted by atomic mass is 16.5. The Morgan fingerprint density at radius 3 is 2.75 bits per heavy atom. The van der Waals surface area contributed by atoms with Crippen molar-refractivity contribution < 1.29 is 14.3 Å². The molecule has 1 heterocycles. The highest BCUT2D eigenvalue weighted by molar-refractivity contribution is 5.77. The number of nitrogens with zero attached hydrogens (tertiary/aromatic N) is 2. The summed E-state index contributed by atoms with van der Waals surface area (Å²) in [5, 5.41) is 2.85. The van der Waals surface area contributed by atoms with Crippen LogP contribution in [0, 0.1) is 6.92 Å². The Labute approximate surface area is 165 Å². The second kappa shape index (κ2) is 9.90. The molecule has 0 aliphatic heterocycles. The van der Waals surface area contributed by atoms with Gasteiger partial charge in [-0.1, -0.05) is 30.3 Å². The molecule has 0 saturated heterocycles. The predicted octanol–water partition coefficient (Wildman–Crippen LogP) is 3.12. The van der Waals surface area contributed by atoms with E-state index >= 15 is 0 Å². The first kappa shape index (κ1) is 19.9. The highest BCUT2D eigenvalue weighted by Crippen LogP contribution is 2.19. The summed E-state index contributed by atoms with van der Waals surface area (Å²) < 4.78 is 13.0. The zero-order valence-corrected chi connectivity index (χ0v) is 16.5. The van der Waals surface area contributed by atoms with E-state index in [2.05, 4.69) is 16.0 Å². The molecular weight excluding hydrogens is 354 g/mol. The third-order valence-electron chi connectivity index (χ3n) is 4.57. The standard InChI is InChI=1S/C22H27N3O3/c1-17-8-3-6-11-20(17)28-15-14-25-19-10-5-4-9-18(19)24-21(25)12-7-13-23-22(26)16-27-2/h3-6,8-11H,7,12-16H2,1-2H3,(H,23,26). The number of rotatable bonds is 10. The molecule has 2 aromatic carbocycles. The lowest BCUT2D eigenvalue weighted by molar-refractivity contribution is -0.124. The number of methoxy groups -OCH3 is 1. The van der Waals surface area contributed by atoms with Crippen molar-refractivity contribution in [2.75, 3.05) is 26.9 Å². The Bertz CT molecular complexity index is 920. The molecule has 148 valence electrons. The lowest BCUT2D eigenvalue weighted by Gasteiger charge is -2.12. The van der Waals surface area contributed by atoms with Gasteiger partial charge in [-0.3, -0.25) is 4.79 Å². The summed E-state index contributed by atoms with van der Waals surface area (Å²) in [6.45, 7) is 4.04. The summed E-state index contributed by atoms with van der Waals surface area (Å²) in [6.07, 6.45) is 1.60. The quantitative estimate of drug-likeness (QED) is 0.548. The highest BCUT2D eigenvalue weighted by Gasteiger charge is 2.11. The number of carbonyl (C=O) groups is 1. The molecule has 0 saturated carbocycles. The van der Waals surface area contributed by atoms with Crippen LogP contribution < -0.4 is 10.1 Å². The van der Waals surface area contributed by atoms with Crippen molar-refractivity contribution in [1.82, 2.24) is 14.9 Å². The largest absolute Gasteiger partial charge is 0.491 e. The maximum absolute atomic E-state index is 11.5. The van der Waals surface area contributed by atoms with Gasteiger partial charge in [0.15, 0.2) is 0 Å². The minimum atomic E-state index is -0.0948. The molecule has 0 unspecified atom stereocenters. The zero-order valence-electron chi connectivity index (χ0n) is 16.5. The fraction of sp³-hybridized carbons (Fsp3) is 0.364. The van der Waals surface area contributed by atoms with Crippen molar-refractivity contribution in [3.63, 3.8) is 0 Å². The van der Waals surface area contributed by atoms with E-state index in [0.717, 1.165) is 47.6 Å². The van der Waals surface area contributed by atoms with Crippen molar-refractivity contribution in [3.8, 4) is 5.75 Å². The maximum atomic E-state index is 11.5. The van der Waals surface area contributed by atoms with Crippen molar-refractivity contribution >= 4 is 16.9 Å². The van der Waals surface area contributed by atoms with Crippen molar-refractivity contribution in [2.45, 2.75) is 26.3 Å². The second-order valence-corrected chi connectivity index (χ2v) is 6.67. The van der Waals surface area contributed by atoms with Crippen molar-refractivity contribution in [1.29, 1.82) is 0 Å². The Kier molecular flexibility index (Phi) is 7.03. The maximum Gasteiger partial charge on any atom is 0.245 e. The zero-order chi connectivity index (χ0) is 19.8. The number of imidazole rings is 1. The van der Waals surface area contributed by atoms with Gasteiger partial charge >= 0.3 is 0 Å². The van der Waals surface area contributed by atoms with Crippen molar-refractivity contribution in [3.05, 3.63) is 59.9 Å². The molecule has 0 fully saturated rings. The molecule has 0 bridgehead atoms. The van der Waals surface area contributed by atoms with Crippen LogP contribution in [0.5, 0.6) is 5.75 Å². The molecule has 0 spiro atoms. The van der Waals surface area contributed by atoms with E-state index in [9.17, 15) is 4.79 Å². The molecule has 3 rings (SSSR count). The van der Waals surface area contributed by atoms with Gasteiger partial charge in [0.1, 0.15) is 24.8 Å². The Hall–Kier alpha value is -2.86. The van der Waals surface area contributed by atoms with E-state index in [1.807, 2.05) is 49.4 Å². The number of benzene rings is 2. The molecule has 28 heavy (non-hydrogen) atoms. The number of para-hydroxylation sites is 3. The smallest absolute Gasteiger partial charge is 0.245 e. The van der Waals surface area contributed by atoms with Gasteiger partial charge in [0.2, 0.25) is 5.91 Å². The van der Waals surface area contributed by atoms with Gasteiger partial charge in [-0.05, 0) is 37.1 Å². The van der Waals surface area contributed by atoms with E-state index in [1.54, 1.807) is 0 Å². The fourth-order valence-corrected chi connectivity index (χ4v) is 3.19. The number of aryl methyl sites for hydroxylation is 2. The lowest BCUT2D eigenvalue weighted by atomic mass is 10.2. The Balaban J connectivity index is 1.63. The number of hydrogen-bond donors (Lipinski definition) is 1. The molecule has 0 radical (unpaired) electrons. The van der Waals surface area contributed by atoms with Gasteiger partial charge in [0, 0.05) is 20.1 Å². The minimum Gasteiger partial charge on any atom is -0.491 e. The van der Waals surface area contributed by atoms with E-state index in [0.29, 0.717) is 13.2 Å². The third-order valence-corrected chi connectivity index (χ3v) is 4.57. The third kappa shape index (κ3) is 5.10. The van der Waals surface area contributed by atoms with Gasteiger partial charge in [0.05, 0.1) is 17.6 Å². The van der Waals surface area contributed by atoms with Gasteiger partial charge < -0.3 is 19.4 Å². The average Bonchev–Trinajstić information content (AvgIpc) is 3.05. The molecule has 0 aliphatic carbocycles. The average molecular weight is 381 g/mol. The van der Waals surface area contributed by atoms with E-state index < -0.39 is 0 Å². The van der Waals surface area contributed by atoms with Gasteiger partial charge in [0.25, 0.3) is 0 Å². The van der Waals surface area contributed by atoms with Crippen LogP contribution in [-0.2, 0) is 22.5 Å². The predicted molar refractivity (Wildman–Crippen MR) is 110 cm³/mol. The molecule has 6 nitrogen and oxygen atoms in total. The summed E-state index contributed by atoms with van der Waals surface area (Å²) in [5.74, 6) is 1.83. The van der Waals surface area contributed by atoms with Crippen LogP contribution in [0.2, 0.25) is 0 Å². The first-order valence-electron chi connectivity index (χ1n) is 9.57. The molecule has 0 aliphatic rings. The Morgan fingerprint density at radius 2 is 1.93 bits per heavy atom. The number of ether oxygens (including phenoxy) is 2. The van der Waals surface area contributed by atoms with Crippen LogP contribution in [-0.4, -0.2) is 42.3 Å². The molecule has 1 amide bonds. The monoisotopic (exact) mass is 381 g/mol. The van der Waals surface area contributed by atoms with E-state index in [-0.39, 0.29) is 12.5 Å². The summed E-state index contributed by atoms with van der Waals surface area (Å²) in [5.41, 5.74) is 3.22. The minimum absolute atomic E-state index is 0.0920. The van der Waals surface area contributed by atoms with E-state index in [1.165, 1.54) is 7.11 Å². The first-order valence-corrected chi connectivity index (χ1v) is 9.57. The summed E-state index contributed by atoms with van der Waals surface area (Å²) in [6, 6.07) is 16.2. The first-order chi connectivity index (χ1) is 13.7. The van der Waals surface area contributed by atoms with Crippen LogP contribution in [0.1, 0.15) is 17.8 Å². The van der Waals surface area contributed by atoms with Crippen LogP contribution in [0.25, 0.3) is 11.0 Å². The molecule has 1 aromatic heterocycles. The Morgan fingerprint density at radius 1 is 1.14 bits per heavy atom. The van der Waals surface area contributed by atoms with Gasteiger partial charge in [-0.2, -0.15) is 0 Å². The molecule has 1 N–H and O–H groups in total. The SMILES string of the molecule is COCC(=O)NCCCc1nc2ccccc2n1CCOc1ccccc1C. The molecule has 3 aromatic rings. The van der Waals surface area contributed by atoms with Gasteiger partial charge in [-0.15, -0.1) is 0 Å². The second-order valence-electron chi connectivity index (χ2n) is 6.67. The molecule has 6 heteroatoms. The summed E-state index contributed by atoms with van der Waals surface area (Å²) >= 11 is 0. The normalized spacial score (nSPS) is 10.9. The van der Waals surface area contributed by atoms with Gasteiger partial charge in [-0.25, -0.2) is 4.98 Å². The van der Waals surface area contributed by atoms with Crippen LogP contribution in [0.4, 0.5) is 0 Å². The van der Waals surface area contributed by atoms with Crippen LogP contribution in [0.3, 0.4) is 0 Å². The summed E-state index contributed by atoms with van der Waals surface area (Å²) in [4.78, 5) is 16.3.